The Morgan fingerprint density at radius 2 is 2.00 bits per heavy atom. The van der Waals surface area contributed by atoms with Gasteiger partial charge in [0, 0.05) is 25.0 Å². The topological polar surface area (TPSA) is 47.7 Å². The number of anilines is 1. The molecular weight excluding hydrogens is 240 g/mol. The fourth-order valence-corrected chi connectivity index (χ4v) is 2.54. The van der Waals surface area contributed by atoms with Crippen LogP contribution in [0.2, 0.25) is 0 Å². The van der Waals surface area contributed by atoms with Gasteiger partial charge in [-0.05, 0) is 17.7 Å². The molecule has 1 aliphatic heterocycles. The molecule has 0 radical (unpaired) electrons. The van der Waals surface area contributed by atoms with Gasteiger partial charge in [-0.2, -0.15) is 0 Å². The molecule has 1 aromatic carbocycles. The highest BCUT2D eigenvalue weighted by Gasteiger charge is 2.25. The maximum absolute atomic E-state index is 5.88. The number of nitrogens with two attached hydrogens (primary N) is 1. The second-order valence-corrected chi connectivity index (χ2v) is 5.73. The lowest BCUT2D eigenvalue weighted by molar-refractivity contribution is 0.0295. The summed E-state index contributed by atoms with van der Waals surface area (Å²) in [6, 6.07) is 6.07. The molecule has 1 fully saturated rings. The van der Waals surface area contributed by atoms with Crippen LogP contribution in [0.4, 0.5) is 5.69 Å². The molecule has 4 nitrogen and oxygen atoms in total. The van der Waals surface area contributed by atoms with Gasteiger partial charge in [0.25, 0.3) is 0 Å². The summed E-state index contributed by atoms with van der Waals surface area (Å²) < 4.78 is 10.7. The van der Waals surface area contributed by atoms with Crippen LogP contribution in [0, 0.1) is 0 Å². The first-order valence-electron chi connectivity index (χ1n) is 6.77. The van der Waals surface area contributed by atoms with Crippen LogP contribution in [0.15, 0.2) is 18.2 Å². The smallest absolute Gasteiger partial charge is 0.142 e. The summed E-state index contributed by atoms with van der Waals surface area (Å²) in [4.78, 5) is 2.45. The number of hydrogen-bond donors (Lipinski definition) is 1. The molecule has 0 aromatic heterocycles. The molecule has 0 atom stereocenters. The zero-order chi connectivity index (χ0) is 13.9. The Balaban J connectivity index is 2.13. The minimum absolute atomic E-state index is 0.0678. The van der Waals surface area contributed by atoms with E-state index in [-0.39, 0.29) is 5.41 Å². The average Bonchev–Trinajstić information content (AvgIpc) is 2.39. The molecule has 106 valence electrons. The summed E-state index contributed by atoms with van der Waals surface area (Å²) >= 11 is 0. The summed E-state index contributed by atoms with van der Waals surface area (Å²) in [5.41, 5.74) is 7.89. The molecule has 0 unspecified atom stereocenters. The molecule has 1 aromatic rings. The molecule has 19 heavy (non-hydrogen) atoms. The van der Waals surface area contributed by atoms with Crippen LogP contribution in [-0.2, 0) is 10.2 Å². The molecule has 0 amide bonds. The van der Waals surface area contributed by atoms with Gasteiger partial charge >= 0.3 is 0 Å². The summed E-state index contributed by atoms with van der Waals surface area (Å²) in [6.07, 6.45) is 0. The highest BCUT2D eigenvalue weighted by molar-refractivity contribution is 5.55. The van der Waals surface area contributed by atoms with Gasteiger partial charge in [-0.3, -0.25) is 4.90 Å². The lowest BCUT2D eigenvalue weighted by Crippen LogP contribution is -2.43. The molecule has 1 saturated heterocycles. The third-order valence-electron chi connectivity index (χ3n) is 3.74. The highest BCUT2D eigenvalue weighted by atomic mass is 16.5. The van der Waals surface area contributed by atoms with E-state index in [2.05, 4.69) is 30.9 Å². The van der Waals surface area contributed by atoms with Crippen LogP contribution in [0.3, 0.4) is 0 Å². The first-order chi connectivity index (χ1) is 9.03. The molecule has 0 aliphatic carbocycles. The first kappa shape index (κ1) is 14.2. The van der Waals surface area contributed by atoms with Crippen LogP contribution in [-0.4, -0.2) is 44.9 Å². The zero-order valence-corrected chi connectivity index (χ0v) is 12.1. The maximum atomic E-state index is 5.88. The molecule has 2 rings (SSSR count). The van der Waals surface area contributed by atoms with Crippen LogP contribution < -0.4 is 10.5 Å². The second-order valence-electron chi connectivity index (χ2n) is 5.73. The van der Waals surface area contributed by atoms with E-state index in [0.29, 0.717) is 5.69 Å². The second kappa shape index (κ2) is 5.80. The molecule has 1 aliphatic rings. The van der Waals surface area contributed by atoms with Gasteiger partial charge in [0.1, 0.15) is 5.75 Å². The van der Waals surface area contributed by atoms with Crippen molar-refractivity contribution in [2.24, 2.45) is 0 Å². The number of hydrogen-bond acceptors (Lipinski definition) is 4. The number of benzene rings is 1. The lowest BCUT2D eigenvalue weighted by atomic mass is 9.83. The molecule has 0 saturated carbocycles. The number of nitrogen functional groups attached to an aromatic ring is 1. The van der Waals surface area contributed by atoms with E-state index in [9.17, 15) is 0 Å². The van der Waals surface area contributed by atoms with Crippen molar-refractivity contribution < 1.29 is 9.47 Å². The Morgan fingerprint density at radius 1 is 1.32 bits per heavy atom. The van der Waals surface area contributed by atoms with Crippen LogP contribution in [0.1, 0.15) is 19.4 Å². The molecule has 0 bridgehead atoms. The van der Waals surface area contributed by atoms with Crippen molar-refractivity contribution in [2.45, 2.75) is 19.3 Å². The van der Waals surface area contributed by atoms with Gasteiger partial charge in [-0.15, -0.1) is 0 Å². The summed E-state index contributed by atoms with van der Waals surface area (Å²) in [7, 11) is 1.66. The van der Waals surface area contributed by atoms with Gasteiger partial charge < -0.3 is 15.2 Å². The minimum Gasteiger partial charge on any atom is -0.495 e. The van der Waals surface area contributed by atoms with Crippen LogP contribution >= 0.6 is 0 Å². The Bertz CT molecular complexity index is 426. The Morgan fingerprint density at radius 3 is 2.63 bits per heavy atom. The van der Waals surface area contributed by atoms with Crippen molar-refractivity contribution in [2.75, 3.05) is 45.7 Å². The summed E-state index contributed by atoms with van der Waals surface area (Å²) in [6.45, 7) is 9.22. The van der Waals surface area contributed by atoms with Gasteiger partial charge in [0.15, 0.2) is 0 Å². The number of nitrogens with zero attached hydrogens (tertiary/aromatic N) is 1. The highest BCUT2D eigenvalue weighted by Crippen LogP contribution is 2.31. The van der Waals surface area contributed by atoms with Gasteiger partial charge in [0.05, 0.1) is 26.0 Å². The first-order valence-corrected chi connectivity index (χ1v) is 6.77. The standard InChI is InChI=1S/C15H24N2O2/c1-15(2,11-17-6-8-19-9-7-17)12-4-5-13(16)14(10-12)18-3/h4-5,10H,6-9,11,16H2,1-3H3. The quantitative estimate of drug-likeness (QED) is 0.844. The number of ether oxygens (including phenoxy) is 2. The van der Waals surface area contributed by atoms with Gasteiger partial charge in [0.2, 0.25) is 0 Å². The SMILES string of the molecule is COc1cc(C(C)(C)CN2CCOCC2)ccc1N. The average molecular weight is 264 g/mol. The fourth-order valence-electron chi connectivity index (χ4n) is 2.54. The van der Waals surface area contributed by atoms with E-state index in [0.717, 1.165) is 38.6 Å². The Labute approximate surface area is 115 Å². The van der Waals surface area contributed by atoms with Crippen LogP contribution in [0.5, 0.6) is 5.75 Å². The van der Waals surface area contributed by atoms with E-state index in [1.54, 1.807) is 7.11 Å². The normalized spacial score (nSPS) is 17.4. The minimum atomic E-state index is 0.0678. The van der Waals surface area contributed by atoms with Crippen molar-refractivity contribution >= 4 is 5.69 Å². The van der Waals surface area contributed by atoms with E-state index in [1.807, 2.05) is 6.07 Å². The number of methoxy groups -OCH3 is 1. The van der Waals surface area contributed by atoms with E-state index in [1.165, 1.54) is 5.56 Å². The molecule has 2 N–H and O–H groups in total. The fraction of sp³-hybridized carbons (Fsp3) is 0.600. The molecule has 4 heteroatoms. The molecule has 0 spiro atoms. The lowest BCUT2D eigenvalue weighted by Gasteiger charge is -2.35. The monoisotopic (exact) mass is 264 g/mol. The summed E-state index contributed by atoms with van der Waals surface area (Å²) in [5.74, 6) is 0.757. The predicted octanol–water partition coefficient (Wildman–Crippen LogP) is 1.89. The van der Waals surface area contributed by atoms with E-state index in [4.69, 9.17) is 15.2 Å². The largest absolute Gasteiger partial charge is 0.495 e. The van der Waals surface area contributed by atoms with Crippen molar-refractivity contribution in [3.8, 4) is 5.75 Å². The van der Waals surface area contributed by atoms with Crippen molar-refractivity contribution in [1.82, 2.24) is 4.90 Å². The Hall–Kier alpha value is -1.26. The van der Waals surface area contributed by atoms with E-state index < -0.39 is 0 Å². The van der Waals surface area contributed by atoms with Gasteiger partial charge in [-0.1, -0.05) is 19.9 Å². The predicted molar refractivity (Wildman–Crippen MR) is 77.7 cm³/mol. The third-order valence-corrected chi connectivity index (χ3v) is 3.74. The number of rotatable bonds is 4. The van der Waals surface area contributed by atoms with Crippen molar-refractivity contribution in [3.05, 3.63) is 23.8 Å². The summed E-state index contributed by atoms with van der Waals surface area (Å²) in [5, 5.41) is 0. The molecule has 1 heterocycles. The zero-order valence-electron chi connectivity index (χ0n) is 12.1. The maximum Gasteiger partial charge on any atom is 0.142 e. The Kier molecular flexibility index (Phi) is 4.32. The van der Waals surface area contributed by atoms with Crippen LogP contribution in [0.25, 0.3) is 0 Å². The van der Waals surface area contributed by atoms with Crippen molar-refractivity contribution in [3.63, 3.8) is 0 Å². The van der Waals surface area contributed by atoms with Crippen molar-refractivity contribution in [1.29, 1.82) is 0 Å². The molecular formula is C15H24N2O2. The van der Waals surface area contributed by atoms with E-state index >= 15 is 0 Å². The van der Waals surface area contributed by atoms with Gasteiger partial charge in [-0.25, -0.2) is 0 Å². The number of morpholine rings is 1. The third kappa shape index (κ3) is 3.39.